The van der Waals surface area contributed by atoms with Crippen molar-refractivity contribution in [1.29, 1.82) is 0 Å². The van der Waals surface area contributed by atoms with Gasteiger partial charge in [-0.1, -0.05) is 18.6 Å². The summed E-state index contributed by atoms with van der Waals surface area (Å²) in [5, 5.41) is 2.97. The van der Waals surface area contributed by atoms with Crippen LogP contribution in [-0.4, -0.2) is 28.5 Å². The Morgan fingerprint density at radius 1 is 1.29 bits per heavy atom. The average molecular weight is 288 g/mol. The Kier molecular flexibility index (Phi) is 5.75. The molecule has 0 radical (unpaired) electrons. The maximum Gasteiger partial charge on any atom is 0.220 e. The minimum Gasteiger partial charge on any atom is -0.354 e. The summed E-state index contributed by atoms with van der Waals surface area (Å²) >= 11 is 0. The van der Waals surface area contributed by atoms with Crippen LogP contribution in [0.1, 0.15) is 31.5 Å². The monoisotopic (exact) mass is 288 g/mol. The second-order valence-corrected chi connectivity index (χ2v) is 5.25. The number of aromatic nitrogens is 2. The lowest BCUT2D eigenvalue weighted by molar-refractivity contribution is -0.121. The summed E-state index contributed by atoms with van der Waals surface area (Å²) in [6.45, 7) is 4.08. The Balaban J connectivity index is 1.80. The molecule has 5 heteroatoms. The van der Waals surface area contributed by atoms with E-state index in [2.05, 4.69) is 20.9 Å². The fourth-order valence-electron chi connectivity index (χ4n) is 2.48. The Morgan fingerprint density at radius 3 is 2.90 bits per heavy atom. The molecule has 5 nitrogen and oxygen atoms in total. The van der Waals surface area contributed by atoms with Gasteiger partial charge >= 0.3 is 0 Å². The lowest BCUT2D eigenvalue weighted by Gasteiger charge is -2.08. The molecule has 1 heterocycles. The van der Waals surface area contributed by atoms with Gasteiger partial charge in [0, 0.05) is 19.5 Å². The third-order valence-electron chi connectivity index (χ3n) is 3.61. The molecule has 1 amide bonds. The summed E-state index contributed by atoms with van der Waals surface area (Å²) in [6, 6.07) is 8.07. The maximum atomic E-state index is 11.7. The Hall–Kier alpha value is -1.88. The number of carbonyl (C=O) groups is 1. The zero-order chi connectivity index (χ0) is 15.1. The molecule has 0 saturated carbocycles. The highest BCUT2D eigenvalue weighted by molar-refractivity contribution is 5.76. The summed E-state index contributed by atoms with van der Waals surface area (Å²) in [7, 11) is 0. The first-order valence-corrected chi connectivity index (χ1v) is 7.61. The van der Waals surface area contributed by atoms with Crippen LogP contribution < -0.4 is 11.1 Å². The van der Waals surface area contributed by atoms with Gasteiger partial charge in [-0.05, 0) is 38.4 Å². The second kappa shape index (κ2) is 7.78. The number of hydrogen-bond donors (Lipinski definition) is 2. The highest BCUT2D eigenvalue weighted by atomic mass is 16.1. The number of imidazole rings is 1. The molecule has 2 aromatic rings. The number of nitrogens with one attached hydrogen (secondary N) is 1. The predicted molar refractivity (Wildman–Crippen MR) is 85.0 cm³/mol. The number of amides is 1. The number of nitrogens with zero attached hydrogens (tertiary/aromatic N) is 2. The van der Waals surface area contributed by atoms with Crippen molar-refractivity contribution in [2.75, 3.05) is 13.1 Å². The first-order chi connectivity index (χ1) is 10.2. The van der Waals surface area contributed by atoms with E-state index >= 15 is 0 Å². The largest absolute Gasteiger partial charge is 0.354 e. The van der Waals surface area contributed by atoms with Gasteiger partial charge < -0.3 is 15.6 Å². The highest BCUT2D eigenvalue weighted by Gasteiger charge is 2.06. The summed E-state index contributed by atoms with van der Waals surface area (Å²) < 4.78 is 2.14. The molecule has 1 aromatic heterocycles. The molecule has 0 fully saturated rings. The molecule has 0 unspecified atom stereocenters. The van der Waals surface area contributed by atoms with Crippen molar-refractivity contribution in [1.82, 2.24) is 14.9 Å². The number of carbonyl (C=O) groups excluding carboxylic acids is 1. The predicted octanol–water partition coefficient (Wildman–Crippen LogP) is 1.98. The van der Waals surface area contributed by atoms with Gasteiger partial charge in [0.2, 0.25) is 5.91 Å². The zero-order valence-electron chi connectivity index (χ0n) is 12.6. The van der Waals surface area contributed by atoms with Gasteiger partial charge in [0.1, 0.15) is 5.82 Å². The van der Waals surface area contributed by atoms with E-state index in [0.717, 1.165) is 42.7 Å². The summed E-state index contributed by atoms with van der Waals surface area (Å²) in [5.41, 5.74) is 7.55. The summed E-state index contributed by atoms with van der Waals surface area (Å²) in [4.78, 5) is 16.2. The number of para-hydroxylation sites is 2. The van der Waals surface area contributed by atoms with Crippen molar-refractivity contribution in [2.24, 2.45) is 5.73 Å². The van der Waals surface area contributed by atoms with Gasteiger partial charge in [0.05, 0.1) is 11.0 Å². The number of fused-ring (bicyclic) bond motifs is 1. The zero-order valence-corrected chi connectivity index (χ0v) is 12.6. The Morgan fingerprint density at radius 2 is 2.10 bits per heavy atom. The van der Waals surface area contributed by atoms with E-state index in [1.807, 2.05) is 25.1 Å². The van der Waals surface area contributed by atoms with Crippen molar-refractivity contribution in [3.63, 3.8) is 0 Å². The van der Waals surface area contributed by atoms with Crippen LogP contribution in [0.3, 0.4) is 0 Å². The number of hydrogen-bond acceptors (Lipinski definition) is 3. The molecule has 0 spiro atoms. The van der Waals surface area contributed by atoms with Gasteiger partial charge in [-0.15, -0.1) is 0 Å². The van der Waals surface area contributed by atoms with Crippen molar-refractivity contribution < 1.29 is 4.79 Å². The first-order valence-electron chi connectivity index (χ1n) is 7.61. The number of benzene rings is 1. The number of aryl methyl sites for hydroxylation is 1. The molecule has 0 aliphatic heterocycles. The van der Waals surface area contributed by atoms with Crippen molar-refractivity contribution in [2.45, 2.75) is 39.2 Å². The molecule has 3 N–H and O–H groups in total. The summed E-state index contributed by atoms with van der Waals surface area (Å²) in [5.74, 6) is 1.10. The van der Waals surface area contributed by atoms with Gasteiger partial charge in [0.25, 0.3) is 0 Å². The van der Waals surface area contributed by atoms with Crippen LogP contribution in [0.2, 0.25) is 0 Å². The molecule has 1 aromatic carbocycles. The summed E-state index contributed by atoms with van der Waals surface area (Å²) in [6.07, 6.45) is 3.52. The standard InChI is InChI=1S/C16H24N4O/c1-13-19-14-7-4-5-8-15(14)20(13)12-11-18-16(21)9-3-2-6-10-17/h4-5,7-8H,2-3,6,9-12,17H2,1H3,(H,18,21). The number of nitrogens with two attached hydrogens (primary N) is 1. The Labute approximate surface area is 125 Å². The first kappa shape index (κ1) is 15.5. The van der Waals surface area contributed by atoms with E-state index in [-0.39, 0.29) is 5.91 Å². The molecule has 0 aliphatic carbocycles. The van der Waals surface area contributed by atoms with Crippen LogP contribution in [0.4, 0.5) is 0 Å². The molecule has 114 valence electrons. The van der Waals surface area contributed by atoms with Gasteiger partial charge in [0.15, 0.2) is 0 Å². The lowest BCUT2D eigenvalue weighted by Crippen LogP contribution is -2.27. The van der Waals surface area contributed by atoms with Crippen LogP contribution in [0.5, 0.6) is 0 Å². The number of rotatable bonds is 8. The van der Waals surface area contributed by atoms with Crippen molar-refractivity contribution >= 4 is 16.9 Å². The van der Waals surface area contributed by atoms with Crippen LogP contribution >= 0.6 is 0 Å². The molecule has 0 bridgehead atoms. The number of unbranched alkanes of at least 4 members (excludes halogenated alkanes) is 2. The van der Waals surface area contributed by atoms with E-state index in [4.69, 9.17) is 5.73 Å². The third kappa shape index (κ3) is 4.29. The minimum atomic E-state index is 0.120. The van der Waals surface area contributed by atoms with Crippen LogP contribution in [0.25, 0.3) is 11.0 Å². The van der Waals surface area contributed by atoms with E-state index in [1.165, 1.54) is 0 Å². The molecule has 0 aliphatic rings. The van der Waals surface area contributed by atoms with E-state index in [1.54, 1.807) is 0 Å². The smallest absolute Gasteiger partial charge is 0.220 e. The van der Waals surface area contributed by atoms with Crippen LogP contribution in [0, 0.1) is 6.92 Å². The molecule has 21 heavy (non-hydrogen) atoms. The van der Waals surface area contributed by atoms with Crippen LogP contribution in [-0.2, 0) is 11.3 Å². The van der Waals surface area contributed by atoms with Gasteiger partial charge in [-0.3, -0.25) is 4.79 Å². The molecule has 2 rings (SSSR count). The lowest BCUT2D eigenvalue weighted by atomic mass is 10.2. The van der Waals surface area contributed by atoms with E-state index in [0.29, 0.717) is 19.5 Å². The molecular weight excluding hydrogens is 264 g/mol. The minimum absolute atomic E-state index is 0.120. The highest BCUT2D eigenvalue weighted by Crippen LogP contribution is 2.14. The fourth-order valence-corrected chi connectivity index (χ4v) is 2.48. The van der Waals surface area contributed by atoms with E-state index in [9.17, 15) is 4.79 Å². The van der Waals surface area contributed by atoms with E-state index < -0.39 is 0 Å². The third-order valence-corrected chi connectivity index (χ3v) is 3.61. The van der Waals surface area contributed by atoms with Crippen molar-refractivity contribution in [3.05, 3.63) is 30.1 Å². The average Bonchev–Trinajstić information content (AvgIpc) is 2.80. The maximum absolute atomic E-state index is 11.7. The molecular formula is C16H24N4O. The Bertz CT molecular complexity index is 591. The SMILES string of the molecule is Cc1nc2ccccc2n1CCNC(=O)CCCCCN. The molecule has 0 atom stereocenters. The molecule has 0 saturated heterocycles. The quantitative estimate of drug-likeness (QED) is 0.730. The van der Waals surface area contributed by atoms with Crippen molar-refractivity contribution in [3.8, 4) is 0 Å². The normalized spacial score (nSPS) is 11.0. The second-order valence-electron chi connectivity index (χ2n) is 5.25. The topological polar surface area (TPSA) is 72.9 Å². The van der Waals surface area contributed by atoms with Gasteiger partial charge in [-0.2, -0.15) is 0 Å². The van der Waals surface area contributed by atoms with Crippen LogP contribution in [0.15, 0.2) is 24.3 Å². The van der Waals surface area contributed by atoms with Gasteiger partial charge in [-0.25, -0.2) is 4.98 Å². The fraction of sp³-hybridized carbons (Fsp3) is 0.500.